The van der Waals surface area contributed by atoms with Crippen LogP contribution in [0.15, 0.2) is 11.4 Å². The summed E-state index contributed by atoms with van der Waals surface area (Å²) >= 11 is 8.34. The van der Waals surface area contributed by atoms with E-state index in [0.717, 1.165) is 27.5 Å². The monoisotopic (exact) mass is 367 g/mol. The van der Waals surface area contributed by atoms with E-state index in [1.807, 2.05) is 18.4 Å². The number of hydrogen-bond acceptors (Lipinski definition) is 2. The molecule has 1 N–H and O–H groups in total. The van der Waals surface area contributed by atoms with Crippen LogP contribution in [0.2, 0.25) is 0 Å². The summed E-state index contributed by atoms with van der Waals surface area (Å²) in [7, 11) is 0. The summed E-state index contributed by atoms with van der Waals surface area (Å²) in [6.07, 6.45) is 0.894. The molecule has 0 atom stereocenters. The van der Waals surface area contributed by atoms with Crippen molar-refractivity contribution in [3.05, 3.63) is 21.9 Å². The minimum absolute atomic E-state index is 0.0215. The fourth-order valence-electron chi connectivity index (χ4n) is 1.25. The highest BCUT2D eigenvalue weighted by molar-refractivity contribution is 9.09. The number of aryl methyl sites for hydroxylation is 1. The van der Waals surface area contributed by atoms with E-state index in [1.165, 1.54) is 11.3 Å². The van der Waals surface area contributed by atoms with Gasteiger partial charge < -0.3 is 5.32 Å². The summed E-state index contributed by atoms with van der Waals surface area (Å²) in [5.41, 5.74) is 0.875. The van der Waals surface area contributed by atoms with Gasteiger partial charge in [0.2, 0.25) is 0 Å². The lowest BCUT2D eigenvalue weighted by Crippen LogP contribution is -2.48. The number of carbonyl (C=O) groups is 1. The third kappa shape index (κ3) is 3.31. The van der Waals surface area contributed by atoms with Crippen molar-refractivity contribution in [2.45, 2.75) is 25.8 Å². The van der Waals surface area contributed by atoms with Crippen LogP contribution >= 0.6 is 43.2 Å². The Morgan fingerprint density at radius 2 is 2.12 bits per heavy atom. The zero-order valence-electron chi connectivity index (χ0n) is 9.35. The molecule has 1 aromatic heterocycles. The molecule has 1 amide bonds. The first-order valence-corrected chi connectivity index (χ1v) is 8.19. The lowest BCUT2D eigenvalue weighted by Gasteiger charge is -2.26. The highest BCUT2D eigenvalue weighted by Crippen LogP contribution is 2.19. The maximum Gasteiger partial charge on any atom is 0.262 e. The summed E-state index contributed by atoms with van der Waals surface area (Å²) in [5.74, 6) is 0.0215. The molecule has 0 fully saturated rings. The zero-order valence-corrected chi connectivity index (χ0v) is 13.3. The second-order valence-electron chi connectivity index (χ2n) is 3.91. The SMILES string of the molecule is CCc1ccsc1C(=O)NC(C)(CBr)CBr. The highest BCUT2D eigenvalue weighted by atomic mass is 79.9. The number of rotatable bonds is 5. The molecule has 0 spiro atoms. The summed E-state index contributed by atoms with van der Waals surface area (Å²) in [5, 5.41) is 6.47. The topological polar surface area (TPSA) is 29.1 Å². The van der Waals surface area contributed by atoms with Crippen molar-refractivity contribution in [3.8, 4) is 0 Å². The average Bonchev–Trinajstić information content (AvgIpc) is 2.76. The van der Waals surface area contributed by atoms with Crippen molar-refractivity contribution in [2.24, 2.45) is 0 Å². The van der Waals surface area contributed by atoms with E-state index in [1.54, 1.807) is 0 Å². The Labute approximate surface area is 117 Å². The van der Waals surface area contributed by atoms with E-state index in [2.05, 4.69) is 44.1 Å². The second kappa shape index (κ2) is 6.17. The van der Waals surface area contributed by atoms with Crippen molar-refractivity contribution in [1.29, 1.82) is 0 Å². The predicted octanol–water partition coefficient (Wildman–Crippen LogP) is 3.59. The van der Waals surface area contributed by atoms with Crippen LogP contribution in [0.5, 0.6) is 0 Å². The van der Waals surface area contributed by atoms with Gasteiger partial charge in [-0.15, -0.1) is 11.3 Å². The first-order chi connectivity index (χ1) is 7.56. The van der Waals surface area contributed by atoms with Crippen LogP contribution in [0.25, 0.3) is 0 Å². The van der Waals surface area contributed by atoms with Gasteiger partial charge in [0.05, 0.1) is 10.4 Å². The van der Waals surface area contributed by atoms with Gasteiger partial charge in [-0.05, 0) is 30.4 Å². The molecule has 5 heteroatoms. The Morgan fingerprint density at radius 1 is 1.50 bits per heavy atom. The van der Waals surface area contributed by atoms with E-state index in [4.69, 9.17) is 0 Å². The predicted molar refractivity (Wildman–Crippen MR) is 77.2 cm³/mol. The standard InChI is InChI=1S/C11H15Br2NOS/c1-3-8-4-5-16-9(8)10(15)14-11(2,6-12)7-13/h4-5H,3,6-7H2,1-2H3,(H,14,15). The zero-order chi connectivity index (χ0) is 12.2. The maximum absolute atomic E-state index is 12.1. The number of carbonyl (C=O) groups excluding carboxylic acids is 1. The fourth-order valence-corrected chi connectivity index (χ4v) is 3.35. The van der Waals surface area contributed by atoms with Crippen LogP contribution in [0, 0.1) is 0 Å². The first kappa shape index (κ1) is 14.2. The van der Waals surface area contributed by atoms with Gasteiger partial charge in [0, 0.05) is 10.7 Å². The van der Waals surface area contributed by atoms with Gasteiger partial charge in [-0.25, -0.2) is 0 Å². The smallest absolute Gasteiger partial charge is 0.262 e. The van der Waals surface area contributed by atoms with Gasteiger partial charge >= 0.3 is 0 Å². The van der Waals surface area contributed by atoms with Gasteiger partial charge in [-0.2, -0.15) is 0 Å². The van der Waals surface area contributed by atoms with Gasteiger partial charge in [-0.1, -0.05) is 38.8 Å². The highest BCUT2D eigenvalue weighted by Gasteiger charge is 2.25. The molecule has 0 bridgehead atoms. The Hall–Kier alpha value is 0.130. The molecular weight excluding hydrogens is 354 g/mol. The molecule has 16 heavy (non-hydrogen) atoms. The number of nitrogens with one attached hydrogen (secondary N) is 1. The summed E-state index contributed by atoms with van der Waals surface area (Å²) in [4.78, 5) is 12.9. The van der Waals surface area contributed by atoms with Crippen molar-refractivity contribution < 1.29 is 4.79 Å². The van der Waals surface area contributed by atoms with E-state index >= 15 is 0 Å². The average molecular weight is 369 g/mol. The van der Waals surface area contributed by atoms with E-state index in [0.29, 0.717) is 0 Å². The van der Waals surface area contributed by atoms with Crippen LogP contribution < -0.4 is 5.32 Å². The molecule has 0 unspecified atom stereocenters. The molecule has 0 aliphatic heterocycles. The summed E-state index contributed by atoms with van der Waals surface area (Å²) in [6, 6.07) is 2.01. The number of amides is 1. The Bertz CT molecular complexity index is 361. The van der Waals surface area contributed by atoms with E-state index < -0.39 is 0 Å². The van der Waals surface area contributed by atoms with Crippen LogP contribution in [-0.2, 0) is 6.42 Å². The van der Waals surface area contributed by atoms with Crippen molar-refractivity contribution in [3.63, 3.8) is 0 Å². The van der Waals surface area contributed by atoms with Gasteiger partial charge in [0.25, 0.3) is 5.91 Å². The second-order valence-corrected chi connectivity index (χ2v) is 5.95. The normalized spacial score (nSPS) is 11.5. The molecule has 0 aliphatic carbocycles. The molecule has 90 valence electrons. The molecule has 1 aromatic rings. The third-order valence-electron chi connectivity index (χ3n) is 2.34. The number of halogens is 2. The summed E-state index contributed by atoms with van der Waals surface area (Å²) in [6.45, 7) is 4.07. The summed E-state index contributed by atoms with van der Waals surface area (Å²) < 4.78 is 0. The molecule has 0 saturated heterocycles. The minimum Gasteiger partial charge on any atom is -0.344 e. The van der Waals surface area contributed by atoms with Crippen molar-refractivity contribution in [1.82, 2.24) is 5.32 Å². The van der Waals surface area contributed by atoms with Crippen LogP contribution in [-0.4, -0.2) is 22.1 Å². The molecule has 1 heterocycles. The number of hydrogen-bond donors (Lipinski definition) is 1. The van der Waals surface area contributed by atoms with Crippen LogP contribution in [0.1, 0.15) is 29.1 Å². The largest absolute Gasteiger partial charge is 0.344 e. The third-order valence-corrected chi connectivity index (χ3v) is 5.77. The molecule has 0 saturated carbocycles. The Kier molecular flexibility index (Phi) is 5.47. The maximum atomic E-state index is 12.1. The molecule has 0 aliphatic rings. The van der Waals surface area contributed by atoms with Gasteiger partial charge in [0.15, 0.2) is 0 Å². The first-order valence-electron chi connectivity index (χ1n) is 5.07. The van der Waals surface area contributed by atoms with Crippen molar-refractivity contribution >= 4 is 49.1 Å². The lowest BCUT2D eigenvalue weighted by atomic mass is 10.1. The van der Waals surface area contributed by atoms with Crippen molar-refractivity contribution in [2.75, 3.05) is 10.7 Å². The molecule has 0 aromatic carbocycles. The van der Waals surface area contributed by atoms with E-state index in [9.17, 15) is 4.79 Å². The van der Waals surface area contributed by atoms with Crippen LogP contribution in [0.3, 0.4) is 0 Å². The van der Waals surface area contributed by atoms with Gasteiger partial charge in [-0.3, -0.25) is 4.79 Å². The van der Waals surface area contributed by atoms with Crippen LogP contribution in [0.4, 0.5) is 0 Å². The minimum atomic E-state index is -0.244. The number of thiophene rings is 1. The molecule has 0 radical (unpaired) electrons. The quantitative estimate of drug-likeness (QED) is 0.790. The Balaban J connectivity index is 2.80. The molecular formula is C11H15Br2NOS. The van der Waals surface area contributed by atoms with E-state index in [-0.39, 0.29) is 11.4 Å². The molecule has 2 nitrogen and oxygen atoms in total. The lowest BCUT2D eigenvalue weighted by molar-refractivity contribution is 0.0926. The van der Waals surface area contributed by atoms with Gasteiger partial charge in [0.1, 0.15) is 0 Å². The fraction of sp³-hybridized carbons (Fsp3) is 0.545. The number of alkyl halides is 2. The Morgan fingerprint density at radius 3 is 2.62 bits per heavy atom. The molecule has 1 rings (SSSR count).